The minimum atomic E-state index is -1.19. The van der Waals surface area contributed by atoms with Crippen LogP contribution in [-0.4, -0.2) is 43.2 Å². The summed E-state index contributed by atoms with van der Waals surface area (Å²) in [6.45, 7) is 2.40. The first-order valence-corrected chi connectivity index (χ1v) is 9.79. The lowest BCUT2D eigenvalue weighted by Crippen LogP contribution is -2.27. The number of hydrogen-bond acceptors (Lipinski definition) is 6. The van der Waals surface area contributed by atoms with Gasteiger partial charge in [-0.1, -0.05) is 0 Å². The lowest BCUT2D eigenvalue weighted by Gasteiger charge is -2.28. The van der Waals surface area contributed by atoms with Gasteiger partial charge in [0.25, 0.3) is 0 Å². The number of halogens is 2. The van der Waals surface area contributed by atoms with Crippen molar-refractivity contribution in [3.8, 4) is 0 Å². The lowest BCUT2D eigenvalue weighted by molar-refractivity contribution is 0.0698. The van der Waals surface area contributed by atoms with Crippen LogP contribution in [0.25, 0.3) is 5.65 Å². The molecule has 4 heterocycles. The summed E-state index contributed by atoms with van der Waals surface area (Å²) in [5.74, 6) is -2.26. The summed E-state index contributed by atoms with van der Waals surface area (Å²) in [7, 11) is 0. The molecule has 0 spiro atoms. The Kier molecular flexibility index (Phi) is 5.33. The second-order valence-corrected chi connectivity index (χ2v) is 7.60. The van der Waals surface area contributed by atoms with Gasteiger partial charge in [0.05, 0.1) is 24.6 Å². The standard InChI is InChI=1S/C20H22F2N6O2/c1-11(23)4-5-16-13(7-12(21)8-24-16)17-3-2-6-27(17)19-15(22)10-28-18(26-19)14(9-25-28)20(29)30/h7-11,17H,2-6,23H2,1H3,(H,29,30)/t11-,17-/m1/s1. The van der Waals surface area contributed by atoms with E-state index in [9.17, 15) is 18.7 Å². The molecule has 30 heavy (non-hydrogen) atoms. The molecule has 0 aliphatic carbocycles. The molecule has 10 heteroatoms. The lowest BCUT2D eigenvalue weighted by atomic mass is 9.98. The summed E-state index contributed by atoms with van der Waals surface area (Å²) in [6, 6.07) is 1.09. The zero-order valence-electron chi connectivity index (χ0n) is 16.4. The van der Waals surface area contributed by atoms with Crippen molar-refractivity contribution < 1.29 is 18.7 Å². The maximum absolute atomic E-state index is 14.9. The first-order valence-electron chi connectivity index (χ1n) is 9.79. The molecule has 8 nitrogen and oxygen atoms in total. The number of carbonyl (C=O) groups is 1. The molecule has 3 aromatic heterocycles. The SMILES string of the molecule is C[C@@H](N)CCc1ncc(F)cc1[C@H]1CCCN1c1nc2c(C(=O)O)cnn2cc1F. The highest BCUT2D eigenvalue weighted by molar-refractivity contribution is 5.94. The van der Waals surface area contributed by atoms with Crippen molar-refractivity contribution in [3.05, 3.63) is 53.1 Å². The highest BCUT2D eigenvalue weighted by Crippen LogP contribution is 2.38. The maximum atomic E-state index is 14.9. The molecule has 158 valence electrons. The second-order valence-electron chi connectivity index (χ2n) is 7.60. The number of aromatic carboxylic acids is 1. The molecule has 3 aromatic rings. The van der Waals surface area contributed by atoms with E-state index in [4.69, 9.17) is 5.73 Å². The number of rotatable bonds is 6. The van der Waals surface area contributed by atoms with Crippen molar-refractivity contribution in [2.45, 2.75) is 44.7 Å². The van der Waals surface area contributed by atoms with Gasteiger partial charge in [-0.15, -0.1) is 0 Å². The van der Waals surface area contributed by atoms with Gasteiger partial charge < -0.3 is 15.7 Å². The summed E-state index contributed by atoms with van der Waals surface area (Å²) >= 11 is 0. The Morgan fingerprint density at radius 2 is 2.20 bits per heavy atom. The van der Waals surface area contributed by atoms with Gasteiger partial charge in [-0.25, -0.2) is 23.1 Å². The summed E-state index contributed by atoms with van der Waals surface area (Å²) < 4.78 is 30.0. The number of anilines is 1. The van der Waals surface area contributed by atoms with Crippen LogP contribution in [-0.2, 0) is 6.42 Å². The highest BCUT2D eigenvalue weighted by Gasteiger charge is 2.32. The largest absolute Gasteiger partial charge is 0.477 e. The van der Waals surface area contributed by atoms with E-state index in [-0.39, 0.29) is 29.1 Å². The van der Waals surface area contributed by atoms with E-state index in [1.54, 1.807) is 4.90 Å². The number of nitrogens with zero attached hydrogens (tertiary/aromatic N) is 5. The summed E-state index contributed by atoms with van der Waals surface area (Å²) in [4.78, 5) is 21.7. The van der Waals surface area contributed by atoms with Gasteiger partial charge in [0.15, 0.2) is 17.3 Å². The molecule has 1 saturated heterocycles. The number of carboxylic acid groups (broad SMARTS) is 1. The van der Waals surface area contributed by atoms with Gasteiger partial charge in [0.1, 0.15) is 11.4 Å². The van der Waals surface area contributed by atoms with Crippen LogP contribution in [0.5, 0.6) is 0 Å². The third-order valence-corrected chi connectivity index (χ3v) is 5.35. The van der Waals surface area contributed by atoms with E-state index in [0.29, 0.717) is 31.4 Å². The van der Waals surface area contributed by atoms with E-state index in [1.165, 1.54) is 12.3 Å². The van der Waals surface area contributed by atoms with Crippen molar-refractivity contribution in [1.82, 2.24) is 19.6 Å². The molecule has 4 rings (SSSR count). The molecule has 3 N–H and O–H groups in total. The van der Waals surface area contributed by atoms with Crippen LogP contribution in [0.2, 0.25) is 0 Å². The van der Waals surface area contributed by atoms with Crippen molar-refractivity contribution >= 4 is 17.4 Å². The first kappa shape index (κ1) is 20.1. The number of nitrogens with two attached hydrogens (primary N) is 1. The third kappa shape index (κ3) is 3.70. The molecule has 0 aromatic carbocycles. The molecule has 1 aliphatic heterocycles. The molecule has 0 unspecified atom stereocenters. The number of hydrogen-bond donors (Lipinski definition) is 2. The highest BCUT2D eigenvalue weighted by atomic mass is 19.1. The molecule has 1 aliphatic rings. The minimum absolute atomic E-state index is 0.0235. The average molecular weight is 416 g/mol. The van der Waals surface area contributed by atoms with Crippen LogP contribution in [0.3, 0.4) is 0 Å². The molecule has 0 saturated carbocycles. The Labute approximate surface area is 171 Å². The van der Waals surface area contributed by atoms with E-state index in [0.717, 1.165) is 29.0 Å². The second kappa shape index (κ2) is 7.94. The van der Waals surface area contributed by atoms with Crippen LogP contribution in [0.15, 0.2) is 24.7 Å². The maximum Gasteiger partial charge on any atom is 0.341 e. The average Bonchev–Trinajstić information content (AvgIpc) is 3.32. The van der Waals surface area contributed by atoms with Gasteiger partial charge >= 0.3 is 5.97 Å². The smallest absolute Gasteiger partial charge is 0.341 e. The van der Waals surface area contributed by atoms with Crippen molar-refractivity contribution in [1.29, 1.82) is 0 Å². The van der Waals surface area contributed by atoms with Crippen LogP contribution >= 0.6 is 0 Å². The van der Waals surface area contributed by atoms with E-state index < -0.39 is 17.6 Å². The van der Waals surface area contributed by atoms with Gasteiger partial charge in [-0.2, -0.15) is 5.10 Å². The quantitative estimate of drug-likeness (QED) is 0.636. The molecule has 2 atom stereocenters. The predicted molar refractivity (Wildman–Crippen MR) is 105 cm³/mol. The van der Waals surface area contributed by atoms with E-state index in [1.807, 2.05) is 6.92 Å². The fourth-order valence-corrected chi connectivity index (χ4v) is 3.92. The zero-order valence-corrected chi connectivity index (χ0v) is 16.4. The Bertz CT molecular complexity index is 1100. The van der Waals surface area contributed by atoms with E-state index >= 15 is 0 Å². The van der Waals surface area contributed by atoms with Crippen molar-refractivity contribution in [2.24, 2.45) is 5.73 Å². The summed E-state index contributed by atoms with van der Waals surface area (Å²) in [6.07, 6.45) is 6.12. The predicted octanol–water partition coefficient (Wildman–Crippen LogP) is 2.72. The number of aryl methyl sites for hydroxylation is 1. The molecule has 0 bridgehead atoms. The van der Waals surface area contributed by atoms with Gasteiger partial charge in [0.2, 0.25) is 0 Å². The molecular formula is C20H22F2N6O2. The number of carboxylic acids is 1. The number of fused-ring (bicyclic) bond motifs is 1. The normalized spacial score (nSPS) is 17.6. The van der Waals surface area contributed by atoms with Gasteiger partial charge in [-0.3, -0.25) is 4.98 Å². The zero-order chi connectivity index (χ0) is 21.4. The van der Waals surface area contributed by atoms with Crippen molar-refractivity contribution in [3.63, 3.8) is 0 Å². The van der Waals surface area contributed by atoms with Crippen molar-refractivity contribution in [2.75, 3.05) is 11.4 Å². The molecule has 0 amide bonds. The third-order valence-electron chi connectivity index (χ3n) is 5.35. The number of aromatic nitrogens is 4. The van der Waals surface area contributed by atoms with Crippen LogP contribution < -0.4 is 10.6 Å². The van der Waals surface area contributed by atoms with Crippen LogP contribution in [0.1, 0.15) is 53.8 Å². The Morgan fingerprint density at radius 3 is 2.93 bits per heavy atom. The van der Waals surface area contributed by atoms with Gasteiger partial charge in [0, 0.05) is 18.3 Å². The molecule has 1 fully saturated rings. The Balaban J connectivity index is 1.76. The Morgan fingerprint density at radius 1 is 1.40 bits per heavy atom. The van der Waals surface area contributed by atoms with Crippen LogP contribution in [0, 0.1) is 11.6 Å². The van der Waals surface area contributed by atoms with E-state index in [2.05, 4.69) is 15.1 Å². The topological polar surface area (TPSA) is 110 Å². The van der Waals surface area contributed by atoms with Crippen LogP contribution in [0.4, 0.5) is 14.6 Å². The fraction of sp³-hybridized carbons (Fsp3) is 0.400. The molecule has 0 radical (unpaired) electrons. The summed E-state index contributed by atoms with van der Waals surface area (Å²) in [5.41, 5.74) is 7.21. The minimum Gasteiger partial charge on any atom is -0.477 e. The first-order chi connectivity index (χ1) is 14.3. The fourth-order valence-electron chi connectivity index (χ4n) is 3.92. The van der Waals surface area contributed by atoms with Gasteiger partial charge in [-0.05, 0) is 44.2 Å². The Hall–Kier alpha value is -3.14. The number of pyridine rings is 1. The monoisotopic (exact) mass is 416 g/mol. The molecular weight excluding hydrogens is 394 g/mol. The summed E-state index contributed by atoms with van der Waals surface area (Å²) in [5, 5.41) is 13.2.